The van der Waals surface area contributed by atoms with E-state index in [0.717, 1.165) is 12.2 Å². The number of carboxylic acids is 1. The molecule has 0 saturated carbocycles. The summed E-state index contributed by atoms with van der Waals surface area (Å²) in [4.78, 5) is 50.1. The number of hydrogen-bond acceptors (Lipinski definition) is 4. The molecule has 0 heterocycles. The van der Waals surface area contributed by atoms with Gasteiger partial charge in [-0.3, -0.25) is 18.8 Å². The van der Waals surface area contributed by atoms with Gasteiger partial charge in [0.05, 0.1) is 0 Å². The molecular weight excluding hydrogens is 348 g/mol. The average Bonchev–Trinajstić information content (AvgIpc) is 2.36. The molecule has 0 saturated heterocycles. The van der Waals surface area contributed by atoms with E-state index in [4.69, 9.17) is 0 Å². The Kier molecular flexibility index (Phi) is 8.06. The van der Waals surface area contributed by atoms with E-state index < -0.39 is 44.7 Å². The summed E-state index contributed by atoms with van der Waals surface area (Å²) < 4.78 is 23.4. The molecule has 0 aromatic carbocycles. The van der Waals surface area contributed by atoms with E-state index in [1.54, 1.807) is 6.92 Å². The fourth-order valence-electron chi connectivity index (χ4n) is 2.24. The van der Waals surface area contributed by atoms with Gasteiger partial charge in [0.2, 0.25) is 0 Å². The average molecular weight is 371 g/mol. The summed E-state index contributed by atoms with van der Waals surface area (Å²) in [5.74, 6) is -5.86. The Morgan fingerprint density at radius 1 is 1.09 bits per heavy atom. The van der Waals surface area contributed by atoms with E-state index in [-0.39, 0.29) is 0 Å². The first-order valence-electron chi connectivity index (χ1n) is 6.68. The summed E-state index contributed by atoms with van der Waals surface area (Å²) in [6.45, 7) is 9.68. The van der Waals surface area contributed by atoms with Crippen molar-refractivity contribution >= 4 is 21.2 Å². The van der Waals surface area contributed by atoms with Gasteiger partial charge in [0, 0.05) is 0 Å². The van der Waals surface area contributed by atoms with Crippen LogP contribution in [0, 0.1) is 5.92 Å². The highest BCUT2D eigenvalue weighted by molar-refractivity contribution is 7.53. The first kappa shape index (κ1) is 22.2. The van der Waals surface area contributed by atoms with Crippen molar-refractivity contribution in [2.24, 2.45) is 5.92 Å². The zero-order valence-electron chi connectivity index (χ0n) is 12.9. The Morgan fingerprint density at radius 2 is 1.43 bits per heavy atom. The van der Waals surface area contributed by atoms with E-state index in [2.05, 4.69) is 13.2 Å². The van der Waals surface area contributed by atoms with Crippen molar-refractivity contribution in [2.75, 3.05) is 0 Å². The minimum absolute atomic E-state index is 0.309. The lowest BCUT2D eigenvalue weighted by atomic mass is 9.97. The normalized spacial score (nSPS) is 18.0. The predicted octanol–water partition coefficient (Wildman–Crippen LogP) is 1.17. The Labute approximate surface area is 134 Å². The minimum atomic E-state index is -4.96. The second-order valence-electron chi connectivity index (χ2n) is 5.09. The number of aliphatic carboxylic acids is 1. The van der Waals surface area contributed by atoms with Gasteiger partial charge in [-0.2, -0.15) is 0 Å². The fraction of sp³-hybridized carbons (Fsp3) is 0.583. The first-order valence-corrected chi connectivity index (χ1v) is 10.0. The molecule has 0 bridgehead atoms. The van der Waals surface area contributed by atoms with Crippen molar-refractivity contribution in [2.45, 2.75) is 37.9 Å². The van der Waals surface area contributed by atoms with E-state index in [1.165, 1.54) is 6.92 Å². The van der Waals surface area contributed by atoms with Gasteiger partial charge in [-0.05, 0) is 5.92 Å². The maximum Gasteiger partial charge on any atom is 0.346 e. The van der Waals surface area contributed by atoms with Crippen molar-refractivity contribution in [1.29, 1.82) is 0 Å². The molecule has 9 nitrogen and oxygen atoms in total. The van der Waals surface area contributed by atoms with Crippen molar-refractivity contribution in [3.63, 3.8) is 0 Å². The molecule has 23 heavy (non-hydrogen) atoms. The van der Waals surface area contributed by atoms with Crippen LogP contribution in [-0.2, 0) is 13.9 Å². The van der Waals surface area contributed by atoms with Gasteiger partial charge in [0.1, 0.15) is 17.6 Å². The Morgan fingerprint density at radius 3 is 1.61 bits per heavy atom. The lowest BCUT2D eigenvalue weighted by Gasteiger charge is -2.41. The van der Waals surface area contributed by atoms with Crippen molar-refractivity contribution in [1.82, 2.24) is 4.90 Å². The van der Waals surface area contributed by atoms with E-state index >= 15 is 0 Å². The third-order valence-electron chi connectivity index (χ3n) is 3.48. The second-order valence-corrected chi connectivity index (χ2v) is 8.51. The van der Waals surface area contributed by atoms with Crippen molar-refractivity contribution in [3.05, 3.63) is 25.3 Å². The Balaban J connectivity index is 6.43. The van der Waals surface area contributed by atoms with Crippen LogP contribution in [0.1, 0.15) is 20.3 Å². The van der Waals surface area contributed by atoms with Crippen molar-refractivity contribution < 1.29 is 38.6 Å². The van der Waals surface area contributed by atoms with Gasteiger partial charge in [-0.15, -0.1) is 13.2 Å². The van der Waals surface area contributed by atoms with Crippen molar-refractivity contribution in [3.8, 4) is 0 Å². The fourth-order valence-corrected chi connectivity index (χ4v) is 4.16. The van der Waals surface area contributed by atoms with E-state index in [9.17, 15) is 38.6 Å². The first-order chi connectivity index (χ1) is 10.3. The largest absolute Gasteiger partial charge is 0.480 e. The Hall–Kier alpha value is -0.790. The van der Waals surface area contributed by atoms with Crippen LogP contribution in [0.2, 0.25) is 0 Å². The molecule has 4 atom stereocenters. The number of hydrogen-bond donors (Lipinski definition) is 5. The minimum Gasteiger partial charge on any atom is -0.480 e. The number of carbonyl (C=O) groups is 1. The lowest BCUT2D eigenvalue weighted by molar-refractivity contribution is -0.145. The zero-order valence-corrected chi connectivity index (χ0v) is 14.7. The van der Waals surface area contributed by atoms with Crippen LogP contribution < -0.4 is 0 Å². The predicted molar refractivity (Wildman–Crippen MR) is 84.8 cm³/mol. The van der Waals surface area contributed by atoms with Crippen LogP contribution in [0.4, 0.5) is 0 Å². The molecule has 0 aromatic rings. The van der Waals surface area contributed by atoms with Crippen LogP contribution in [-0.4, -0.2) is 53.2 Å². The molecule has 0 spiro atoms. The molecule has 134 valence electrons. The van der Waals surface area contributed by atoms with Gasteiger partial charge in [0.15, 0.2) is 0 Å². The Bertz CT molecular complexity index is 505. The zero-order chi connectivity index (χ0) is 18.6. The van der Waals surface area contributed by atoms with Crippen LogP contribution in [0.25, 0.3) is 0 Å². The number of carboxylic acid groups (broad SMARTS) is 1. The van der Waals surface area contributed by atoms with Gasteiger partial charge in [-0.1, -0.05) is 32.4 Å². The summed E-state index contributed by atoms with van der Waals surface area (Å²) >= 11 is 0. The third-order valence-corrected chi connectivity index (χ3v) is 5.81. The standard InChI is InChI=1S/C12H23NO8P2/c1-5-8(4)11(12(14)15)13(9(6-2)22(16,17)18)10(7-3)23(19,20)21/h6-11H,2-3,5H2,1,4H3,(H,14,15)(H2,16,17,18)(H2,19,20,21)/t8-,9?,10?,11-/m0/s1. The smallest absolute Gasteiger partial charge is 0.346 e. The highest BCUT2D eigenvalue weighted by Gasteiger charge is 2.48. The molecule has 0 aliphatic heterocycles. The molecule has 0 aliphatic rings. The maximum absolute atomic E-state index is 11.7. The highest BCUT2D eigenvalue weighted by atomic mass is 31.2. The monoisotopic (exact) mass is 371 g/mol. The van der Waals surface area contributed by atoms with Gasteiger partial charge in [-0.25, -0.2) is 0 Å². The molecule has 11 heteroatoms. The molecule has 0 aliphatic carbocycles. The quantitative estimate of drug-likeness (QED) is 0.281. The SMILES string of the molecule is C=CC(N(C(C=C)P(=O)(O)O)[C@H](C(=O)O)[C@@H](C)CC)P(=O)(O)O. The summed E-state index contributed by atoms with van der Waals surface area (Å²) in [6.07, 6.45) is 1.88. The van der Waals surface area contributed by atoms with Gasteiger partial charge >= 0.3 is 21.2 Å². The van der Waals surface area contributed by atoms with Crippen LogP contribution in [0.3, 0.4) is 0 Å². The molecule has 0 radical (unpaired) electrons. The number of rotatable bonds is 10. The second kappa shape index (κ2) is 8.35. The molecule has 5 N–H and O–H groups in total. The molecule has 0 amide bonds. The third kappa shape index (κ3) is 5.65. The number of nitrogens with zero attached hydrogens (tertiary/aromatic N) is 1. The summed E-state index contributed by atoms with van der Waals surface area (Å²) in [6, 6.07) is -1.55. The summed E-state index contributed by atoms with van der Waals surface area (Å²) in [5.41, 5.74) is 0. The van der Waals surface area contributed by atoms with Gasteiger partial charge in [0.25, 0.3) is 0 Å². The van der Waals surface area contributed by atoms with Crippen LogP contribution in [0.15, 0.2) is 25.3 Å². The maximum atomic E-state index is 11.7. The topological polar surface area (TPSA) is 156 Å². The van der Waals surface area contributed by atoms with Crippen LogP contribution in [0.5, 0.6) is 0 Å². The lowest BCUT2D eigenvalue weighted by Crippen LogP contribution is -2.54. The molecule has 0 fully saturated rings. The molecule has 0 aromatic heterocycles. The molecule has 2 unspecified atom stereocenters. The van der Waals surface area contributed by atoms with Crippen LogP contribution >= 0.6 is 15.2 Å². The van der Waals surface area contributed by atoms with Gasteiger partial charge < -0.3 is 24.7 Å². The molecule has 0 rings (SSSR count). The van der Waals surface area contributed by atoms with E-state index in [1.807, 2.05) is 0 Å². The molecular formula is C12H23NO8P2. The van der Waals surface area contributed by atoms with E-state index in [0.29, 0.717) is 11.3 Å². The summed E-state index contributed by atoms with van der Waals surface area (Å²) in [7, 11) is -9.92. The summed E-state index contributed by atoms with van der Waals surface area (Å²) in [5, 5.41) is 9.45. The highest BCUT2D eigenvalue weighted by Crippen LogP contribution is 2.52.